The van der Waals surface area contributed by atoms with Crippen molar-refractivity contribution in [3.63, 3.8) is 0 Å². The Morgan fingerprint density at radius 1 is 1.19 bits per heavy atom. The molecule has 3 heteroatoms. The molecule has 0 aliphatic rings. The van der Waals surface area contributed by atoms with E-state index in [2.05, 4.69) is 5.32 Å². The molecular weight excluding hydrogens is 222 g/mol. The number of hydrogen-bond donors (Lipinski definition) is 1. The number of benzene rings is 1. The predicted molar refractivity (Wildman–Crippen MR) is 68.6 cm³/mol. The summed E-state index contributed by atoms with van der Waals surface area (Å²) in [7, 11) is 1.87. The summed E-state index contributed by atoms with van der Waals surface area (Å²) in [6, 6.07) is 9.51. The SMILES string of the molecule is CNc1cccc(Cl)c1/C=C/c1ccco1. The zero-order chi connectivity index (χ0) is 11.4. The number of furan rings is 1. The molecule has 0 saturated heterocycles. The van der Waals surface area contributed by atoms with E-state index < -0.39 is 0 Å². The molecule has 0 fully saturated rings. The lowest BCUT2D eigenvalue weighted by Crippen LogP contribution is -1.91. The summed E-state index contributed by atoms with van der Waals surface area (Å²) in [5, 5.41) is 3.82. The van der Waals surface area contributed by atoms with Gasteiger partial charge < -0.3 is 9.73 Å². The molecule has 0 bridgehead atoms. The van der Waals surface area contributed by atoms with Gasteiger partial charge in [-0.2, -0.15) is 0 Å². The van der Waals surface area contributed by atoms with E-state index in [-0.39, 0.29) is 0 Å². The molecule has 0 spiro atoms. The Balaban J connectivity index is 2.33. The first kappa shape index (κ1) is 10.8. The first-order valence-electron chi connectivity index (χ1n) is 4.99. The van der Waals surface area contributed by atoms with Crippen LogP contribution in [-0.2, 0) is 0 Å². The Labute approximate surface area is 99.5 Å². The zero-order valence-electron chi connectivity index (χ0n) is 8.91. The number of hydrogen-bond acceptors (Lipinski definition) is 2. The molecule has 1 N–H and O–H groups in total. The minimum absolute atomic E-state index is 0.717. The summed E-state index contributed by atoms with van der Waals surface area (Å²) < 4.78 is 5.22. The van der Waals surface area contributed by atoms with Crippen LogP contribution in [0.15, 0.2) is 41.0 Å². The van der Waals surface area contributed by atoms with Crippen LogP contribution in [0.4, 0.5) is 5.69 Å². The highest BCUT2D eigenvalue weighted by Crippen LogP contribution is 2.26. The fourth-order valence-electron chi connectivity index (χ4n) is 1.48. The molecule has 0 atom stereocenters. The molecule has 2 nitrogen and oxygen atoms in total. The molecular formula is C13H12ClNO. The molecule has 0 amide bonds. The summed E-state index contributed by atoms with van der Waals surface area (Å²) in [5.74, 6) is 0.807. The summed E-state index contributed by atoms with van der Waals surface area (Å²) in [5.41, 5.74) is 1.96. The van der Waals surface area contributed by atoms with Gasteiger partial charge in [-0.25, -0.2) is 0 Å². The van der Waals surface area contributed by atoms with Crippen molar-refractivity contribution in [2.75, 3.05) is 12.4 Å². The smallest absolute Gasteiger partial charge is 0.126 e. The van der Waals surface area contributed by atoms with E-state index in [1.165, 1.54) is 0 Å². The average Bonchev–Trinajstić information content (AvgIpc) is 2.80. The standard InChI is InChI=1S/C13H12ClNO/c1-15-13-6-2-5-12(14)11(13)8-7-10-4-3-9-16-10/h2-9,15H,1H3/b8-7+. The molecule has 0 radical (unpaired) electrons. The molecule has 1 heterocycles. The minimum atomic E-state index is 0.717. The lowest BCUT2D eigenvalue weighted by atomic mass is 10.1. The molecule has 1 aromatic heterocycles. The predicted octanol–water partition coefficient (Wildman–Crippen LogP) is 4.15. The number of anilines is 1. The second-order valence-electron chi connectivity index (χ2n) is 3.30. The van der Waals surface area contributed by atoms with Crippen molar-refractivity contribution in [3.8, 4) is 0 Å². The van der Waals surface area contributed by atoms with Gasteiger partial charge in [-0.05, 0) is 36.4 Å². The van der Waals surface area contributed by atoms with Crippen molar-refractivity contribution in [3.05, 3.63) is 52.9 Å². The van der Waals surface area contributed by atoms with Gasteiger partial charge in [0.25, 0.3) is 0 Å². The molecule has 82 valence electrons. The van der Waals surface area contributed by atoms with E-state index in [0.717, 1.165) is 22.0 Å². The first-order chi connectivity index (χ1) is 7.81. The van der Waals surface area contributed by atoms with Crippen molar-refractivity contribution in [2.24, 2.45) is 0 Å². The molecule has 0 saturated carbocycles. The Kier molecular flexibility index (Phi) is 3.32. The first-order valence-corrected chi connectivity index (χ1v) is 5.37. The Morgan fingerprint density at radius 3 is 2.75 bits per heavy atom. The van der Waals surface area contributed by atoms with Gasteiger partial charge in [0.15, 0.2) is 0 Å². The van der Waals surface area contributed by atoms with Crippen LogP contribution in [0, 0.1) is 0 Å². The summed E-state index contributed by atoms with van der Waals surface area (Å²) in [6.07, 6.45) is 5.47. The van der Waals surface area contributed by atoms with E-state index in [0.29, 0.717) is 0 Å². The number of nitrogens with one attached hydrogen (secondary N) is 1. The highest BCUT2D eigenvalue weighted by atomic mass is 35.5. The maximum Gasteiger partial charge on any atom is 0.126 e. The largest absolute Gasteiger partial charge is 0.465 e. The van der Waals surface area contributed by atoms with Gasteiger partial charge in [-0.1, -0.05) is 17.7 Å². The van der Waals surface area contributed by atoms with Gasteiger partial charge >= 0.3 is 0 Å². The third-order valence-electron chi connectivity index (χ3n) is 2.28. The van der Waals surface area contributed by atoms with Crippen LogP contribution in [0.2, 0.25) is 5.02 Å². The van der Waals surface area contributed by atoms with Gasteiger partial charge in [-0.3, -0.25) is 0 Å². The van der Waals surface area contributed by atoms with Crippen LogP contribution >= 0.6 is 11.6 Å². The van der Waals surface area contributed by atoms with E-state index >= 15 is 0 Å². The summed E-state index contributed by atoms with van der Waals surface area (Å²) in [6.45, 7) is 0. The lowest BCUT2D eigenvalue weighted by molar-refractivity contribution is 0.557. The summed E-state index contributed by atoms with van der Waals surface area (Å²) >= 11 is 6.13. The van der Waals surface area contributed by atoms with Gasteiger partial charge in [0.2, 0.25) is 0 Å². The van der Waals surface area contributed by atoms with Crippen molar-refractivity contribution < 1.29 is 4.42 Å². The average molecular weight is 234 g/mol. The Bertz CT molecular complexity index is 489. The van der Waals surface area contributed by atoms with Crippen molar-refractivity contribution in [1.29, 1.82) is 0 Å². The molecule has 0 aliphatic heterocycles. The number of halogens is 1. The highest BCUT2D eigenvalue weighted by molar-refractivity contribution is 6.32. The van der Waals surface area contributed by atoms with E-state index in [1.807, 2.05) is 49.5 Å². The van der Waals surface area contributed by atoms with Crippen molar-refractivity contribution in [2.45, 2.75) is 0 Å². The van der Waals surface area contributed by atoms with Gasteiger partial charge in [0.1, 0.15) is 5.76 Å². The maximum absolute atomic E-state index is 6.13. The van der Waals surface area contributed by atoms with Gasteiger partial charge in [0, 0.05) is 23.3 Å². The van der Waals surface area contributed by atoms with Crippen LogP contribution in [0.3, 0.4) is 0 Å². The van der Waals surface area contributed by atoms with E-state index in [4.69, 9.17) is 16.0 Å². The topological polar surface area (TPSA) is 25.2 Å². The van der Waals surface area contributed by atoms with Crippen LogP contribution < -0.4 is 5.32 Å². The molecule has 2 aromatic rings. The second-order valence-corrected chi connectivity index (χ2v) is 3.71. The fraction of sp³-hybridized carbons (Fsp3) is 0.0769. The third kappa shape index (κ3) is 2.28. The maximum atomic E-state index is 6.13. The highest BCUT2D eigenvalue weighted by Gasteiger charge is 2.01. The van der Waals surface area contributed by atoms with Crippen LogP contribution in [-0.4, -0.2) is 7.05 Å². The van der Waals surface area contributed by atoms with Gasteiger partial charge in [0.05, 0.1) is 6.26 Å². The molecule has 2 rings (SSSR count). The van der Waals surface area contributed by atoms with Crippen LogP contribution in [0.25, 0.3) is 12.2 Å². The van der Waals surface area contributed by atoms with E-state index in [1.54, 1.807) is 6.26 Å². The quantitative estimate of drug-likeness (QED) is 0.862. The van der Waals surface area contributed by atoms with Gasteiger partial charge in [-0.15, -0.1) is 0 Å². The van der Waals surface area contributed by atoms with Crippen LogP contribution in [0.5, 0.6) is 0 Å². The minimum Gasteiger partial charge on any atom is -0.465 e. The van der Waals surface area contributed by atoms with Crippen molar-refractivity contribution in [1.82, 2.24) is 0 Å². The zero-order valence-corrected chi connectivity index (χ0v) is 9.66. The second kappa shape index (κ2) is 4.90. The van der Waals surface area contributed by atoms with Crippen molar-refractivity contribution >= 4 is 29.4 Å². The Hall–Kier alpha value is -1.67. The van der Waals surface area contributed by atoms with Crippen LogP contribution in [0.1, 0.15) is 11.3 Å². The Morgan fingerprint density at radius 2 is 2.06 bits per heavy atom. The fourth-order valence-corrected chi connectivity index (χ4v) is 1.71. The third-order valence-corrected chi connectivity index (χ3v) is 2.61. The molecule has 1 aromatic carbocycles. The molecule has 0 unspecified atom stereocenters. The summed E-state index contributed by atoms with van der Waals surface area (Å²) in [4.78, 5) is 0. The normalized spacial score (nSPS) is 10.9. The lowest BCUT2D eigenvalue weighted by Gasteiger charge is -2.06. The monoisotopic (exact) mass is 233 g/mol. The van der Waals surface area contributed by atoms with E-state index in [9.17, 15) is 0 Å². The molecule has 16 heavy (non-hydrogen) atoms. The number of rotatable bonds is 3. The molecule has 0 aliphatic carbocycles.